The van der Waals surface area contributed by atoms with Crippen LogP contribution in [0.15, 0.2) is 109 Å². The highest BCUT2D eigenvalue weighted by molar-refractivity contribution is 7.80. The molecule has 4 aromatic carbocycles. The summed E-state index contributed by atoms with van der Waals surface area (Å²) in [6.45, 7) is 4.21. The second kappa shape index (κ2) is 18.1. The monoisotopic (exact) mass is 780 g/mol. The normalized spacial score (nSPS) is 11.1. The number of aryl methyl sites for hydroxylation is 2. The van der Waals surface area contributed by atoms with Gasteiger partial charge >= 0.3 is 6.11 Å². The maximum atomic E-state index is 14.3. The molecule has 0 aliphatic rings. The number of rotatable bonds is 11. The van der Waals surface area contributed by atoms with E-state index in [-0.39, 0.29) is 10.8 Å². The first-order chi connectivity index (χ1) is 26.3. The summed E-state index contributed by atoms with van der Waals surface area (Å²) in [4.78, 5) is 7.95. The van der Waals surface area contributed by atoms with Crippen LogP contribution in [0.4, 0.5) is 35.1 Å². The molecule has 0 saturated carbocycles. The second-order valence-corrected chi connectivity index (χ2v) is 12.5. The molecule has 0 aliphatic heterocycles. The van der Waals surface area contributed by atoms with Crippen molar-refractivity contribution in [2.24, 2.45) is 0 Å². The van der Waals surface area contributed by atoms with Gasteiger partial charge in [0, 0.05) is 47.8 Å². The Morgan fingerprint density at radius 1 is 0.564 bits per heavy atom. The minimum Gasteiger partial charge on any atom is -0.443 e. The largest absolute Gasteiger partial charge is 0.444 e. The van der Waals surface area contributed by atoms with Gasteiger partial charge in [-0.1, -0.05) is 87.4 Å². The summed E-state index contributed by atoms with van der Waals surface area (Å²) >= 11 is 5.10. The van der Waals surface area contributed by atoms with Gasteiger partial charge in [0.2, 0.25) is 5.05 Å². The molecule has 0 N–H and O–H groups in total. The molecule has 0 radical (unpaired) electrons. The summed E-state index contributed by atoms with van der Waals surface area (Å²) in [5, 5.41) is -0.0646. The summed E-state index contributed by atoms with van der Waals surface area (Å²) in [6, 6.07) is 24.0. The molecule has 2 aromatic heterocycles. The fraction of sp³-hybridized carbons (Fsp3) is 0.167. The Bertz CT molecular complexity index is 2190. The summed E-state index contributed by atoms with van der Waals surface area (Å²) in [6.07, 6.45) is 3.04. The number of halogens is 8. The van der Waals surface area contributed by atoms with Crippen molar-refractivity contribution < 1.29 is 44.6 Å². The third-order valence-corrected chi connectivity index (χ3v) is 8.35. The van der Waals surface area contributed by atoms with Gasteiger partial charge < -0.3 is 9.47 Å². The van der Waals surface area contributed by atoms with E-state index < -0.39 is 52.5 Å². The van der Waals surface area contributed by atoms with Gasteiger partial charge in [-0.3, -0.25) is 9.97 Å². The van der Waals surface area contributed by atoms with Gasteiger partial charge in [-0.15, -0.1) is 0 Å². The van der Waals surface area contributed by atoms with Crippen molar-refractivity contribution in [1.82, 2.24) is 9.97 Å². The van der Waals surface area contributed by atoms with E-state index in [1.54, 1.807) is 12.3 Å². The number of pyridine rings is 2. The average Bonchev–Trinajstić information content (AvgIpc) is 3.17. The number of benzene rings is 4. The molecule has 0 unspecified atom stereocenters. The molecular weight excluding hydrogens is 749 g/mol. The summed E-state index contributed by atoms with van der Waals surface area (Å²) in [5.41, 5.74) is 5.40. The Morgan fingerprint density at radius 2 is 0.982 bits per heavy atom. The Balaban J connectivity index is 0.000000211. The number of ether oxygens (including phenoxy) is 2. The van der Waals surface area contributed by atoms with Crippen LogP contribution in [0.3, 0.4) is 0 Å². The Morgan fingerprint density at radius 3 is 1.38 bits per heavy atom. The minimum atomic E-state index is -3.96. The lowest BCUT2D eigenvalue weighted by molar-refractivity contribution is -0.188. The van der Waals surface area contributed by atoms with Gasteiger partial charge in [0.15, 0.2) is 40.6 Å². The number of nitrogens with zero attached hydrogens (tertiary/aromatic N) is 2. The van der Waals surface area contributed by atoms with Crippen molar-refractivity contribution >= 4 is 17.3 Å². The van der Waals surface area contributed by atoms with Crippen molar-refractivity contribution in [3.8, 4) is 33.8 Å². The zero-order valence-electron chi connectivity index (χ0n) is 29.4. The maximum absolute atomic E-state index is 14.3. The minimum absolute atomic E-state index is 0.0646. The van der Waals surface area contributed by atoms with Crippen LogP contribution in [0.2, 0.25) is 0 Å². The summed E-state index contributed by atoms with van der Waals surface area (Å²) in [7, 11) is 0. The molecule has 0 fully saturated rings. The Kier molecular flexibility index (Phi) is 13.3. The van der Waals surface area contributed by atoms with Gasteiger partial charge in [0.25, 0.3) is 0 Å². The van der Waals surface area contributed by atoms with Crippen LogP contribution >= 0.6 is 12.2 Å². The molecule has 0 aliphatic carbocycles. The molecule has 0 atom stereocenters. The average molecular weight is 781 g/mol. The summed E-state index contributed by atoms with van der Waals surface area (Å²) < 4.78 is 117. The SMILES string of the molecule is CCCc1ccc(-c2ccc(C(=S)Oc3cc(F)c(F)c(F)c3)nc2)cc1.CCCc1ccc(-c2ccc(C(F)(F)Oc3cc(F)c(F)c(F)c3)nc2)cc1. The number of hydrogen-bond donors (Lipinski definition) is 0. The molecule has 284 valence electrons. The standard InChI is InChI=1S/C21H16F5NO.C21H16F3NOS/c1-2-3-13-4-6-14(7-5-13)15-8-9-19(27-12-15)21(25,26)28-16-10-17(22)20(24)18(23)11-16;1-2-3-13-4-6-14(7-5-13)15-8-9-19(25-12-15)21(27)26-16-10-17(22)20(24)18(23)11-16/h4-12H,2-3H2,1H3;4-12H,2-3H2,1H3. The molecule has 13 heteroatoms. The highest BCUT2D eigenvalue weighted by atomic mass is 32.1. The molecular formula is C42H32F8N2O2S. The van der Waals surface area contributed by atoms with E-state index in [1.165, 1.54) is 23.4 Å². The molecule has 6 aromatic rings. The van der Waals surface area contributed by atoms with Crippen LogP contribution in [0.25, 0.3) is 22.3 Å². The fourth-order valence-electron chi connectivity index (χ4n) is 5.27. The van der Waals surface area contributed by atoms with E-state index in [0.717, 1.165) is 60.6 Å². The van der Waals surface area contributed by atoms with Gasteiger partial charge in [0.05, 0.1) is 0 Å². The Hall–Kier alpha value is -5.69. The van der Waals surface area contributed by atoms with E-state index in [4.69, 9.17) is 17.0 Å². The van der Waals surface area contributed by atoms with E-state index in [1.807, 2.05) is 42.5 Å². The lowest BCUT2D eigenvalue weighted by atomic mass is 10.0. The van der Waals surface area contributed by atoms with Crippen LogP contribution in [0.5, 0.6) is 11.5 Å². The zero-order valence-corrected chi connectivity index (χ0v) is 30.2. The molecule has 0 saturated heterocycles. The molecule has 0 spiro atoms. The quantitative estimate of drug-likeness (QED) is 0.0744. The van der Waals surface area contributed by atoms with Crippen LogP contribution in [-0.4, -0.2) is 15.0 Å². The van der Waals surface area contributed by atoms with Gasteiger partial charge in [-0.25, -0.2) is 26.3 Å². The third-order valence-electron chi connectivity index (χ3n) is 8.06. The van der Waals surface area contributed by atoms with E-state index in [9.17, 15) is 35.1 Å². The smallest absolute Gasteiger partial charge is 0.443 e. The van der Waals surface area contributed by atoms with Gasteiger partial charge in [0.1, 0.15) is 17.2 Å². The number of thiocarbonyl (C=S) groups is 1. The maximum Gasteiger partial charge on any atom is 0.444 e. The molecule has 6 rings (SSSR count). The predicted octanol–water partition coefficient (Wildman–Crippen LogP) is 12.1. The van der Waals surface area contributed by atoms with Crippen molar-refractivity contribution in [3.05, 3.63) is 167 Å². The topological polar surface area (TPSA) is 44.2 Å². The lowest BCUT2D eigenvalue weighted by Gasteiger charge is -2.18. The van der Waals surface area contributed by atoms with Crippen molar-refractivity contribution in [2.45, 2.75) is 45.6 Å². The second-order valence-electron chi connectivity index (χ2n) is 12.2. The fourth-order valence-corrected chi connectivity index (χ4v) is 5.49. The first kappa shape index (κ1) is 40.5. The molecule has 0 bridgehead atoms. The van der Waals surface area contributed by atoms with E-state index >= 15 is 0 Å². The summed E-state index contributed by atoms with van der Waals surface area (Å²) in [5.74, 6) is -10.3. The van der Waals surface area contributed by atoms with Gasteiger partial charge in [-0.05, 0) is 59.4 Å². The zero-order chi connectivity index (χ0) is 39.7. The molecule has 55 heavy (non-hydrogen) atoms. The van der Waals surface area contributed by atoms with Crippen molar-refractivity contribution in [2.75, 3.05) is 0 Å². The van der Waals surface area contributed by atoms with Crippen molar-refractivity contribution in [1.29, 1.82) is 0 Å². The first-order valence-electron chi connectivity index (χ1n) is 17.0. The Labute approximate surface area is 317 Å². The third kappa shape index (κ3) is 10.5. The van der Waals surface area contributed by atoms with Crippen LogP contribution in [0.1, 0.15) is 49.2 Å². The van der Waals surface area contributed by atoms with Crippen LogP contribution in [-0.2, 0) is 19.0 Å². The number of aromatic nitrogens is 2. The van der Waals surface area contributed by atoms with Crippen LogP contribution < -0.4 is 9.47 Å². The lowest BCUT2D eigenvalue weighted by Crippen LogP contribution is -2.23. The highest BCUT2D eigenvalue weighted by Crippen LogP contribution is 2.33. The van der Waals surface area contributed by atoms with E-state index in [0.29, 0.717) is 23.4 Å². The molecule has 4 nitrogen and oxygen atoms in total. The van der Waals surface area contributed by atoms with E-state index in [2.05, 4.69) is 40.7 Å². The molecule has 2 heterocycles. The van der Waals surface area contributed by atoms with Crippen molar-refractivity contribution in [3.63, 3.8) is 0 Å². The predicted molar refractivity (Wildman–Crippen MR) is 197 cm³/mol. The van der Waals surface area contributed by atoms with Crippen LogP contribution in [0, 0.1) is 34.9 Å². The first-order valence-corrected chi connectivity index (χ1v) is 17.4. The van der Waals surface area contributed by atoms with Gasteiger partial charge in [-0.2, -0.15) is 8.78 Å². The highest BCUT2D eigenvalue weighted by Gasteiger charge is 2.37. The number of alkyl halides is 2. The molecule has 0 amide bonds. The number of hydrogen-bond acceptors (Lipinski definition) is 5.